The highest BCUT2D eigenvalue weighted by atomic mass is 19.1. The highest BCUT2D eigenvalue weighted by Gasteiger charge is 2.03. The first-order valence-corrected chi connectivity index (χ1v) is 4.64. The number of anilines is 1. The van der Waals surface area contributed by atoms with Crippen LogP contribution in [0.1, 0.15) is 5.56 Å². The first-order valence-electron chi connectivity index (χ1n) is 4.64. The lowest BCUT2D eigenvalue weighted by atomic mass is 10.0. The van der Waals surface area contributed by atoms with Gasteiger partial charge in [0.15, 0.2) is 0 Å². The van der Waals surface area contributed by atoms with E-state index in [-0.39, 0.29) is 5.82 Å². The molecule has 3 heteroatoms. The van der Waals surface area contributed by atoms with Gasteiger partial charge in [-0.1, -0.05) is 6.07 Å². The lowest BCUT2D eigenvalue weighted by Crippen LogP contribution is -1.90. The van der Waals surface area contributed by atoms with E-state index in [2.05, 4.69) is 4.98 Å². The van der Waals surface area contributed by atoms with Crippen LogP contribution in [-0.4, -0.2) is 4.98 Å². The first-order chi connectivity index (χ1) is 7.16. The maximum atomic E-state index is 13.1. The van der Waals surface area contributed by atoms with Gasteiger partial charge in [0.05, 0.1) is 5.69 Å². The van der Waals surface area contributed by atoms with Crippen LogP contribution in [-0.2, 0) is 0 Å². The smallest absolute Gasteiger partial charge is 0.123 e. The van der Waals surface area contributed by atoms with Gasteiger partial charge in [-0.3, -0.25) is 4.98 Å². The molecule has 0 bridgehead atoms. The molecule has 0 unspecified atom stereocenters. The van der Waals surface area contributed by atoms with Gasteiger partial charge in [0.1, 0.15) is 5.82 Å². The van der Waals surface area contributed by atoms with Crippen LogP contribution in [0.5, 0.6) is 0 Å². The summed E-state index contributed by atoms with van der Waals surface area (Å²) in [5.41, 5.74) is 8.88. The molecular weight excluding hydrogens is 191 g/mol. The number of nitrogens with two attached hydrogens (primary N) is 1. The van der Waals surface area contributed by atoms with Crippen LogP contribution in [0, 0.1) is 12.7 Å². The second-order valence-electron chi connectivity index (χ2n) is 3.47. The van der Waals surface area contributed by atoms with E-state index in [1.54, 1.807) is 24.5 Å². The van der Waals surface area contributed by atoms with E-state index < -0.39 is 0 Å². The number of hydrogen-bond acceptors (Lipinski definition) is 2. The third kappa shape index (κ3) is 1.96. The van der Waals surface area contributed by atoms with Crippen molar-refractivity contribution in [1.29, 1.82) is 0 Å². The predicted molar refractivity (Wildman–Crippen MR) is 58.8 cm³/mol. The summed E-state index contributed by atoms with van der Waals surface area (Å²) in [5, 5.41) is 0. The molecule has 2 rings (SSSR count). The van der Waals surface area contributed by atoms with Gasteiger partial charge in [-0.2, -0.15) is 0 Å². The average Bonchev–Trinajstić information content (AvgIpc) is 2.22. The van der Waals surface area contributed by atoms with Crippen molar-refractivity contribution < 1.29 is 4.39 Å². The van der Waals surface area contributed by atoms with Crippen LogP contribution in [0.3, 0.4) is 0 Å². The molecule has 2 aromatic rings. The van der Waals surface area contributed by atoms with E-state index in [0.717, 1.165) is 16.7 Å². The van der Waals surface area contributed by atoms with Crippen LogP contribution < -0.4 is 5.73 Å². The quantitative estimate of drug-likeness (QED) is 0.772. The fourth-order valence-corrected chi connectivity index (χ4v) is 1.51. The van der Waals surface area contributed by atoms with Crippen molar-refractivity contribution in [2.75, 3.05) is 5.73 Å². The Hall–Kier alpha value is -1.90. The van der Waals surface area contributed by atoms with Crippen molar-refractivity contribution in [2.45, 2.75) is 6.92 Å². The van der Waals surface area contributed by atoms with Crippen molar-refractivity contribution in [2.24, 2.45) is 0 Å². The molecule has 15 heavy (non-hydrogen) atoms. The van der Waals surface area contributed by atoms with Crippen LogP contribution >= 0.6 is 0 Å². The maximum absolute atomic E-state index is 13.1. The summed E-state index contributed by atoms with van der Waals surface area (Å²) >= 11 is 0. The highest BCUT2D eigenvalue weighted by molar-refractivity contribution is 5.69. The van der Waals surface area contributed by atoms with Crippen molar-refractivity contribution in [1.82, 2.24) is 4.98 Å². The topological polar surface area (TPSA) is 38.9 Å². The lowest BCUT2D eigenvalue weighted by molar-refractivity contribution is 0.628. The lowest BCUT2D eigenvalue weighted by Gasteiger charge is -2.06. The van der Waals surface area contributed by atoms with Gasteiger partial charge in [0.2, 0.25) is 0 Å². The molecule has 0 amide bonds. The van der Waals surface area contributed by atoms with E-state index in [1.165, 1.54) is 12.1 Å². The van der Waals surface area contributed by atoms with E-state index in [4.69, 9.17) is 5.73 Å². The Kier molecular flexibility index (Phi) is 2.37. The molecule has 1 aromatic carbocycles. The molecule has 1 heterocycles. The number of nitrogen functional groups attached to an aromatic ring is 1. The van der Waals surface area contributed by atoms with Crippen LogP contribution in [0.2, 0.25) is 0 Å². The van der Waals surface area contributed by atoms with E-state index in [9.17, 15) is 4.39 Å². The Morgan fingerprint density at radius 3 is 2.73 bits per heavy atom. The number of nitrogens with zero attached hydrogens (tertiary/aromatic N) is 1. The van der Waals surface area contributed by atoms with Crippen molar-refractivity contribution in [3.05, 3.63) is 48.0 Å². The van der Waals surface area contributed by atoms with Gasteiger partial charge >= 0.3 is 0 Å². The molecule has 0 aliphatic rings. The largest absolute Gasteiger partial charge is 0.397 e. The number of rotatable bonds is 1. The number of pyridine rings is 1. The zero-order valence-corrected chi connectivity index (χ0v) is 8.37. The zero-order valence-electron chi connectivity index (χ0n) is 8.37. The number of aryl methyl sites for hydroxylation is 1. The highest BCUT2D eigenvalue weighted by Crippen LogP contribution is 2.24. The minimum Gasteiger partial charge on any atom is -0.397 e. The van der Waals surface area contributed by atoms with Crippen LogP contribution in [0.25, 0.3) is 11.1 Å². The standard InChI is InChI=1S/C12H11FN2/c1-8-2-3-10(13)5-12(8)9-4-11(14)7-15-6-9/h2-7H,14H2,1H3. The summed E-state index contributed by atoms with van der Waals surface area (Å²) < 4.78 is 13.1. The second kappa shape index (κ2) is 3.69. The number of halogens is 1. The summed E-state index contributed by atoms with van der Waals surface area (Å²) in [6, 6.07) is 6.47. The zero-order chi connectivity index (χ0) is 10.8. The Morgan fingerprint density at radius 1 is 1.20 bits per heavy atom. The molecular formula is C12H11FN2. The second-order valence-corrected chi connectivity index (χ2v) is 3.47. The third-order valence-electron chi connectivity index (χ3n) is 2.27. The van der Waals surface area contributed by atoms with Crippen molar-refractivity contribution in [3.8, 4) is 11.1 Å². The van der Waals surface area contributed by atoms with Crippen LogP contribution in [0.15, 0.2) is 36.7 Å². The Bertz CT molecular complexity index is 495. The van der Waals surface area contributed by atoms with E-state index >= 15 is 0 Å². The Morgan fingerprint density at radius 2 is 2.00 bits per heavy atom. The van der Waals surface area contributed by atoms with Crippen molar-refractivity contribution >= 4 is 5.69 Å². The summed E-state index contributed by atoms with van der Waals surface area (Å²) in [7, 11) is 0. The molecule has 76 valence electrons. The molecule has 0 aliphatic heterocycles. The number of hydrogen-bond donors (Lipinski definition) is 1. The fourth-order valence-electron chi connectivity index (χ4n) is 1.51. The molecule has 0 spiro atoms. The number of benzene rings is 1. The van der Waals surface area contributed by atoms with Crippen LogP contribution in [0.4, 0.5) is 10.1 Å². The van der Waals surface area contributed by atoms with Gasteiger partial charge in [-0.05, 0) is 36.2 Å². The van der Waals surface area contributed by atoms with Crippen molar-refractivity contribution in [3.63, 3.8) is 0 Å². The normalized spacial score (nSPS) is 10.3. The van der Waals surface area contributed by atoms with Gasteiger partial charge < -0.3 is 5.73 Å². The minimum atomic E-state index is -0.252. The van der Waals surface area contributed by atoms with E-state index in [1.807, 2.05) is 6.92 Å². The summed E-state index contributed by atoms with van der Waals surface area (Å²) in [5.74, 6) is -0.252. The predicted octanol–water partition coefficient (Wildman–Crippen LogP) is 2.78. The third-order valence-corrected chi connectivity index (χ3v) is 2.27. The minimum absolute atomic E-state index is 0.252. The van der Waals surface area contributed by atoms with Gasteiger partial charge in [-0.25, -0.2) is 4.39 Å². The molecule has 2 N–H and O–H groups in total. The average molecular weight is 202 g/mol. The number of aromatic nitrogens is 1. The fraction of sp³-hybridized carbons (Fsp3) is 0.0833. The summed E-state index contributed by atoms with van der Waals surface area (Å²) in [4.78, 5) is 3.98. The Balaban J connectivity index is 2.58. The SMILES string of the molecule is Cc1ccc(F)cc1-c1cncc(N)c1. The molecule has 0 atom stereocenters. The molecule has 0 radical (unpaired) electrons. The Labute approximate surface area is 87.6 Å². The van der Waals surface area contributed by atoms with Gasteiger partial charge in [-0.15, -0.1) is 0 Å². The van der Waals surface area contributed by atoms with E-state index in [0.29, 0.717) is 5.69 Å². The molecule has 0 saturated heterocycles. The summed E-state index contributed by atoms with van der Waals surface area (Å²) in [6.07, 6.45) is 3.25. The molecule has 2 nitrogen and oxygen atoms in total. The monoisotopic (exact) mass is 202 g/mol. The maximum Gasteiger partial charge on any atom is 0.123 e. The molecule has 0 aliphatic carbocycles. The summed E-state index contributed by atoms with van der Waals surface area (Å²) in [6.45, 7) is 1.93. The molecule has 1 aromatic heterocycles. The molecule has 0 saturated carbocycles. The first kappa shape index (κ1) is 9.65. The van der Waals surface area contributed by atoms with Gasteiger partial charge in [0.25, 0.3) is 0 Å². The van der Waals surface area contributed by atoms with Gasteiger partial charge in [0, 0.05) is 18.0 Å². The molecule has 0 fully saturated rings.